The third kappa shape index (κ3) is 1.78. The lowest BCUT2D eigenvalue weighted by Crippen LogP contribution is -2.19. The standard InChI is InChI=1S/C5H4F6/c6-4(7,8)2-1-3(2)5(9,10)11/h2-3H,1H2/t2-,3-/m0/s1. The van der Waals surface area contributed by atoms with Crippen molar-refractivity contribution >= 4 is 0 Å². The molecule has 0 aromatic rings. The van der Waals surface area contributed by atoms with Gasteiger partial charge >= 0.3 is 12.4 Å². The maximum absolute atomic E-state index is 11.5. The predicted octanol–water partition coefficient (Wildman–Crippen LogP) is 2.75. The lowest BCUT2D eigenvalue weighted by atomic mass is 10.3. The molecular formula is C5H4F6. The second-order valence-electron chi connectivity index (χ2n) is 2.53. The molecule has 1 aliphatic rings. The first-order valence-electron chi connectivity index (χ1n) is 2.86. The van der Waals surface area contributed by atoms with Crippen molar-refractivity contribution in [3.63, 3.8) is 0 Å². The Balaban J connectivity index is 2.51. The maximum atomic E-state index is 11.5. The summed E-state index contributed by atoms with van der Waals surface area (Å²) in [5.41, 5.74) is 0. The van der Waals surface area contributed by atoms with Crippen LogP contribution in [0.5, 0.6) is 0 Å². The Morgan fingerprint density at radius 3 is 1.09 bits per heavy atom. The Kier molecular flexibility index (Phi) is 1.61. The average molecular weight is 178 g/mol. The van der Waals surface area contributed by atoms with Gasteiger partial charge in [-0.15, -0.1) is 0 Å². The number of hydrogen-bond acceptors (Lipinski definition) is 0. The highest BCUT2D eigenvalue weighted by molar-refractivity contribution is 4.95. The molecule has 6 heteroatoms. The van der Waals surface area contributed by atoms with Gasteiger partial charge in [0.15, 0.2) is 0 Å². The van der Waals surface area contributed by atoms with Crippen LogP contribution in [0.1, 0.15) is 6.42 Å². The summed E-state index contributed by atoms with van der Waals surface area (Å²) in [7, 11) is 0. The Labute approximate surface area is 58.2 Å². The highest BCUT2D eigenvalue weighted by Gasteiger charge is 2.66. The molecule has 1 fully saturated rings. The van der Waals surface area contributed by atoms with Gasteiger partial charge in [-0.25, -0.2) is 0 Å². The summed E-state index contributed by atoms with van der Waals surface area (Å²) >= 11 is 0. The minimum absolute atomic E-state index is 0.799. The van der Waals surface area contributed by atoms with Crippen molar-refractivity contribution in [2.24, 2.45) is 11.8 Å². The van der Waals surface area contributed by atoms with E-state index in [0.717, 1.165) is 0 Å². The van der Waals surface area contributed by atoms with E-state index in [1.54, 1.807) is 0 Å². The van der Waals surface area contributed by atoms with Crippen molar-refractivity contribution in [3.05, 3.63) is 0 Å². The van der Waals surface area contributed by atoms with Crippen LogP contribution in [-0.4, -0.2) is 12.4 Å². The van der Waals surface area contributed by atoms with E-state index in [1.807, 2.05) is 0 Å². The fourth-order valence-electron chi connectivity index (χ4n) is 0.919. The van der Waals surface area contributed by atoms with Gasteiger partial charge in [0.05, 0.1) is 11.8 Å². The molecule has 2 atom stereocenters. The van der Waals surface area contributed by atoms with Crippen LogP contribution in [0.2, 0.25) is 0 Å². The largest absolute Gasteiger partial charge is 0.392 e. The normalized spacial score (nSPS) is 32.2. The summed E-state index contributed by atoms with van der Waals surface area (Å²) in [5, 5.41) is 0. The van der Waals surface area contributed by atoms with Gasteiger partial charge < -0.3 is 0 Å². The SMILES string of the molecule is FC(F)(F)[C@H]1C[C@@H]1C(F)(F)F. The first kappa shape index (κ1) is 8.67. The van der Waals surface area contributed by atoms with Crippen molar-refractivity contribution in [2.75, 3.05) is 0 Å². The van der Waals surface area contributed by atoms with Gasteiger partial charge in [-0.3, -0.25) is 0 Å². The van der Waals surface area contributed by atoms with E-state index in [0.29, 0.717) is 0 Å². The molecule has 0 bridgehead atoms. The van der Waals surface area contributed by atoms with Crippen LogP contribution >= 0.6 is 0 Å². The van der Waals surface area contributed by atoms with E-state index in [9.17, 15) is 26.3 Å². The second kappa shape index (κ2) is 2.04. The monoisotopic (exact) mass is 178 g/mol. The molecule has 1 aliphatic carbocycles. The predicted molar refractivity (Wildman–Crippen MR) is 23.7 cm³/mol. The Morgan fingerprint density at radius 2 is 1.00 bits per heavy atom. The molecule has 0 unspecified atom stereocenters. The third-order valence-corrected chi connectivity index (χ3v) is 1.63. The van der Waals surface area contributed by atoms with Gasteiger partial charge in [-0.2, -0.15) is 26.3 Å². The van der Waals surface area contributed by atoms with Crippen LogP contribution < -0.4 is 0 Å². The number of rotatable bonds is 0. The minimum atomic E-state index is -4.68. The zero-order valence-electron chi connectivity index (χ0n) is 5.13. The molecule has 0 aromatic carbocycles. The molecule has 0 nitrogen and oxygen atoms in total. The van der Waals surface area contributed by atoms with Crippen LogP contribution in [0, 0.1) is 11.8 Å². The van der Waals surface area contributed by atoms with Crippen molar-refractivity contribution in [2.45, 2.75) is 18.8 Å². The highest BCUT2D eigenvalue weighted by Crippen LogP contribution is 2.57. The van der Waals surface area contributed by atoms with Gasteiger partial charge in [-0.05, 0) is 6.42 Å². The van der Waals surface area contributed by atoms with E-state index >= 15 is 0 Å². The Hall–Kier alpha value is -0.420. The molecule has 0 amide bonds. The summed E-state index contributed by atoms with van der Waals surface area (Å²) in [5.74, 6) is -4.30. The Morgan fingerprint density at radius 1 is 0.727 bits per heavy atom. The van der Waals surface area contributed by atoms with E-state index in [4.69, 9.17) is 0 Å². The first-order chi connectivity index (χ1) is 4.73. The lowest BCUT2D eigenvalue weighted by molar-refractivity contribution is -0.191. The molecule has 0 aliphatic heterocycles. The van der Waals surface area contributed by atoms with Crippen molar-refractivity contribution in [3.8, 4) is 0 Å². The van der Waals surface area contributed by atoms with Gasteiger partial charge in [0.2, 0.25) is 0 Å². The number of hydrogen-bond donors (Lipinski definition) is 0. The van der Waals surface area contributed by atoms with Crippen LogP contribution in [0.3, 0.4) is 0 Å². The lowest BCUT2D eigenvalue weighted by Gasteiger charge is -2.07. The number of alkyl halides is 6. The molecule has 66 valence electrons. The van der Waals surface area contributed by atoms with Crippen molar-refractivity contribution in [1.29, 1.82) is 0 Å². The first-order valence-corrected chi connectivity index (χ1v) is 2.86. The molecule has 0 aromatic heterocycles. The molecule has 0 spiro atoms. The molecule has 0 N–H and O–H groups in total. The molecule has 0 radical (unpaired) electrons. The molecule has 0 heterocycles. The zero-order valence-corrected chi connectivity index (χ0v) is 5.13. The summed E-state index contributed by atoms with van der Waals surface area (Å²) in [6.45, 7) is 0. The third-order valence-electron chi connectivity index (χ3n) is 1.63. The molecule has 1 rings (SSSR count). The molecular weight excluding hydrogens is 174 g/mol. The topological polar surface area (TPSA) is 0 Å². The van der Waals surface area contributed by atoms with Crippen LogP contribution in [-0.2, 0) is 0 Å². The van der Waals surface area contributed by atoms with Crippen LogP contribution in [0.4, 0.5) is 26.3 Å². The minimum Gasteiger partial charge on any atom is -0.171 e. The van der Waals surface area contributed by atoms with Crippen molar-refractivity contribution in [1.82, 2.24) is 0 Å². The quantitative estimate of drug-likeness (QED) is 0.500. The summed E-state index contributed by atoms with van der Waals surface area (Å²) in [6, 6.07) is 0. The Bertz CT molecular complexity index is 135. The van der Waals surface area contributed by atoms with Gasteiger partial charge in [0.25, 0.3) is 0 Å². The average Bonchev–Trinajstić information content (AvgIpc) is 2.30. The molecule has 0 saturated heterocycles. The van der Waals surface area contributed by atoms with Crippen LogP contribution in [0.25, 0.3) is 0 Å². The van der Waals surface area contributed by atoms with E-state index in [2.05, 4.69) is 0 Å². The molecule has 11 heavy (non-hydrogen) atoms. The van der Waals surface area contributed by atoms with E-state index < -0.39 is 30.6 Å². The van der Waals surface area contributed by atoms with Gasteiger partial charge in [-0.1, -0.05) is 0 Å². The summed E-state index contributed by atoms with van der Waals surface area (Å²) in [6.07, 6.45) is -10.2. The van der Waals surface area contributed by atoms with Crippen molar-refractivity contribution < 1.29 is 26.3 Å². The fourth-order valence-corrected chi connectivity index (χ4v) is 0.919. The van der Waals surface area contributed by atoms with Crippen LogP contribution in [0.15, 0.2) is 0 Å². The summed E-state index contributed by atoms with van der Waals surface area (Å²) < 4.78 is 69.1. The number of halogens is 6. The zero-order chi connectivity index (χ0) is 8.86. The second-order valence-corrected chi connectivity index (χ2v) is 2.53. The fraction of sp³-hybridized carbons (Fsp3) is 1.00. The highest BCUT2D eigenvalue weighted by atomic mass is 19.4. The molecule has 1 saturated carbocycles. The van der Waals surface area contributed by atoms with E-state index in [1.165, 1.54) is 0 Å². The summed E-state index contributed by atoms with van der Waals surface area (Å²) in [4.78, 5) is 0. The van der Waals surface area contributed by atoms with E-state index in [-0.39, 0.29) is 0 Å². The maximum Gasteiger partial charge on any atom is 0.392 e. The van der Waals surface area contributed by atoms with Gasteiger partial charge in [0, 0.05) is 0 Å². The van der Waals surface area contributed by atoms with Gasteiger partial charge in [0.1, 0.15) is 0 Å². The smallest absolute Gasteiger partial charge is 0.171 e.